The van der Waals surface area contributed by atoms with Crippen molar-refractivity contribution in [2.45, 2.75) is 0 Å². The third-order valence-corrected chi connectivity index (χ3v) is 1.79. The average molecular weight is 160 g/mol. The van der Waals surface area contributed by atoms with Crippen molar-refractivity contribution < 1.29 is 4.74 Å². The standard InChI is InChI=1S/C10H10NO/c1-8-2-4-9(5-3-8)10-11-6-7-12-10/h2-5H,1,6-7H2. The summed E-state index contributed by atoms with van der Waals surface area (Å²) in [6.07, 6.45) is 0. The SMILES string of the molecule is [CH2]c1ccc(C2=NCCO2)cc1. The highest BCUT2D eigenvalue weighted by molar-refractivity contribution is 5.94. The smallest absolute Gasteiger partial charge is 0.216 e. The van der Waals surface area contributed by atoms with E-state index < -0.39 is 0 Å². The molecule has 2 nitrogen and oxygen atoms in total. The highest BCUT2D eigenvalue weighted by atomic mass is 16.5. The number of benzene rings is 1. The van der Waals surface area contributed by atoms with Gasteiger partial charge in [0.25, 0.3) is 0 Å². The lowest BCUT2D eigenvalue weighted by Crippen LogP contribution is -2.00. The summed E-state index contributed by atoms with van der Waals surface area (Å²) in [6.45, 7) is 5.30. The van der Waals surface area contributed by atoms with Crippen molar-refractivity contribution in [3.8, 4) is 0 Å². The van der Waals surface area contributed by atoms with Crippen molar-refractivity contribution in [1.82, 2.24) is 0 Å². The number of nitrogens with zero attached hydrogens (tertiary/aromatic N) is 1. The molecule has 0 saturated carbocycles. The van der Waals surface area contributed by atoms with Crippen molar-refractivity contribution in [2.24, 2.45) is 4.99 Å². The van der Waals surface area contributed by atoms with Crippen LogP contribution in [-0.2, 0) is 4.74 Å². The zero-order valence-electron chi connectivity index (χ0n) is 6.79. The summed E-state index contributed by atoms with van der Waals surface area (Å²) < 4.78 is 5.31. The molecule has 2 rings (SSSR count). The summed E-state index contributed by atoms with van der Waals surface area (Å²) in [5, 5.41) is 0. The molecule has 1 aromatic rings. The van der Waals surface area contributed by atoms with E-state index in [2.05, 4.69) is 11.9 Å². The van der Waals surface area contributed by atoms with E-state index in [4.69, 9.17) is 4.74 Å². The van der Waals surface area contributed by atoms with Crippen LogP contribution in [0.3, 0.4) is 0 Å². The molecule has 1 aliphatic heterocycles. The number of hydrogen-bond donors (Lipinski definition) is 0. The third kappa shape index (κ3) is 1.33. The minimum Gasteiger partial charge on any atom is -0.476 e. The molecule has 1 radical (unpaired) electrons. The number of ether oxygens (including phenoxy) is 1. The second-order valence-corrected chi connectivity index (χ2v) is 2.73. The molecule has 0 N–H and O–H groups in total. The van der Waals surface area contributed by atoms with Gasteiger partial charge in [-0.3, -0.25) is 0 Å². The molecular weight excluding hydrogens is 150 g/mol. The molecular formula is C10H10NO. The topological polar surface area (TPSA) is 21.6 Å². The minimum absolute atomic E-state index is 0.710. The molecule has 1 heterocycles. The molecule has 0 atom stereocenters. The lowest BCUT2D eigenvalue weighted by molar-refractivity contribution is 0.348. The van der Waals surface area contributed by atoms with Gasteiger partial charge in [0.05, 0.1) is 6.54 Å². The zero-order valence-corrected chi connectivity index (χ0v) is 6.79. The zero-order chi connectivity index (χ0) is 8.39. The maximum atomic E-state index is 5.31. The van der Waals surface area contributed by atoms with Crippen molar-refractivity contribution in [3.05, 3.63) is 42.3 Å². The predicted molar refractivity (Wildman–Crippen MR) is 48.3 cm³/mol. The van der Waals surface area contributed by atoms with Gasteiger partial charge >= 0.3 is 0 Å². The van der Waals surface area contributed by atoms with Crippen molar-refractivity contribution in [1.29, 1.82) is 0 Å². The molecule has 61 valence electrons. The Labute approximate surface area is 71.9 Å². The molecule has 0 spiro atoms. The highest BCUT2D eigenvalue weighted by Crippen LogP contribution is 2.08. The first-order chi connectivity index (χ1) is 5.86. The molecule has 1 aromatic carbocycles. The average Bonchev–Trinajstić information content (AvgIpc) is 2.58. The Morgan fingerprint density at radius 1 is 1.25 bits per heavy atom. The summed E-state index contributed by atoms with van der Waals surface area (Å²) in [5.74, 6) is 0.759. The summed E-state index contributed by atoms with van der Waals surface area (Å²) in [7, 11) is 0. The fourth-order valence-corrected chi connectivity index (χ4v) is 1.16. The Kier molecular flexibility index (Phi) is 1.82. The molecule has 12 heavy (non-hydrogen) atoms. The lowest BCUT2D eigenvalue weighted by Gasteiger charge is -2.00. The lowest BCUT2D eigenvalue weighted by atomic mass is 10.1. The van der Waals surface area contributed by atoms with E-state index in [0.29, 0.717) is 6.61 Å². The van der Waals surface area contributed by atoms with Crippen LogP contribution in [0.1, 0.15) is 11.1 Å². The monoisotopic (exact) mass is 160 g/mol. The molecule has 0 saturated heterocycles. The summed E-state index contributed by atoms with van der Waals surface area (Å²) in [4.78, 5) is 4.21. The Balaban J connectivity index is 2.28. The van der Waals surface area contributed by atoms with E-state index in [1.165, 1.54) is 0 Å². The largest absolute Gasteiger partial charge is 0.476 e. The van der Waals surface area contributed by atoms with Crippen molar-refractivity contribution >= 4 is 5.90 Å². The van der Waals surface area contributed by atoms with E-state index in [9.17, 15) is 0 Å². The van der Waals surface area contributed by atoms with Gasteiger partial charge in [-0.25, -0.2) is 4.99 Å². The first-order valence-corrected chi connectivity index (χ1v) is 3.96. The molecule has 0 unspecified atom stereocenters. The fraction of sp³-hybridized carbons (Fsp3) is 0.200. The molecule has 0 aromatic heterocycles. The van der Waals surface area contributed by atoms with Crippen LogP contribution in [0.2, 0.25) is 0 Å². The van der Waals surface area contributed by atoms with Gasteiger partial charge in [0.2, 0.25) is 5.90 Å². The van der Waals surface area contributed by atoms with Crippen molar-refractivity contribution in [3.63, 3.8) is 0 Å². The third-order valence-electron chi connectivity index (χ3n) is 1.79. The molecule has 0 bridgehead atoms. The van der Waals surface area contributed by atoms with Gasteiger partial charge in [0.1, 0.15) is 6.61 Å². The van der Waals surface area contributed by atoms with Crippen LogP contribution in [0, 0.1) is 6.92 Å². The van der Waals surface area contributed by atoms with Crippen molar-refractivity contribution in [2.75, 3.05) is 13.2 Å². The summed E-state index contributed by atoms with van der Waals surface area (Å²) in [5.41, 5.74) is 2.05. The summed E-state index contributed by atoms with van der Waals surface area (Å²) >= 11 is 0. The number of aliphatic imine (C=N–C) groups is 1. The van der Waals surface area contributed by atoms with Crippen LogP contribution in [0.25, 0.3) is 0 Å². The van der Waals surface area contributed by atoms with Crippen LogP contribution in [0.5, 0.6) is 0 Å². The quantitative estimate of drug-likeness (QED) is 0.612. The van der Waals surface area contributed by atoms with E-state index >= 15 is 0 Å². The molecule has 1 aliphatic rings. The highest BCUT2D eigenvalue weighted by Gasteiger charge is 2.08. The van der Waals surface area contributed by atoms with Gasteiger partial charge in [-0.2, -0.15) is 0 Å². The van der Waals surface area contributed by atoms with Crippen LogP contribution < -0.4 is 0 Å². The maximum absolute atomic E-state index is 5.31. The van der Waals surface area contributed by atoms with Crippen LogP contribution in [0.4, 0.5) is 0 Å². The summed E-state index contributed by atoms with van der Waals surface area (Å²) in [6, 6.07) is 7.87. The Hall–Kier alpha value is -1.31. The minimum atomic E-state index is 0.710. The van der Waals surface area contributed by atoms with E-state index in [1.807, 2.05) is 24.3 Å². The Morgan fingerprint density at radius 2 is 2.00 bits per heavy atom. The normalized spacial score (nSPS) is 15.6. The molecule has 0 amide bonds. The van der Waals surface area contributed by atoms with E-state index in [1.54, 1.807) is 0 Å². The van der Waals surface area contributed by atoms with E-state index in [-0.39, 0.29) is 0 Å². The second-order valence-electron chi connectivity index (χ2n) is 2.73. The number of rotatable bonds is 1. The van der Waals surface area contributed by atoms with Gasteiger partial charge < -0.3 is 4.74 Å². The predicted octanol–water partition coefficient (Wildman–Crippen LogP) is 1.65. The Bertz CT molecular complexity index is 300. The second kappa shape index (κ2) is 2.97. The van der Waals surface area contributed by atoms with Gasteiger partial charge in [0.15, 0.2) is 0 Å². The molecule has 0 aliphatic carbocycles. The van der Waals surface area contributed by atoms with Gasteiger partial charge in [-0.1, -0.05) is 12.1 Å². The first kappa shape index (κ1) is 7.35. The van der Waals surface area contributed by atoms with Crippen LogP contribution >= 0.6 is 0 Å². The van der Waals surface area contributed by atoms with Gasteiger partial charge in [0, 0.05) is 5.56 Å². The maximum Gasteiger partial charge on any atom is 0.216 e. The van der Waals surface area contributed by atoms with E-state index in [0.717, 1.165) is 23.6 Å². The van der Waals surface area contributed by atoms with Crippen LogP contribution in [0.15, 0.2) is 29.3 Å². The first-order valence-electron chi connectivity index (χ1n) is 3.96. The Morgan fingerprint density at radius 3 is 2.58 bits per heavy atom. The molecule has 2 heteroatoms. The van der Waals surface area contributed by atoms with Crippen LogP contribution in [-0.4, -0.2) is 19.0 Å². The number of hydrogen-bond acceptors (Lipinski definition) is 2. The van der Waals surface area contributed by atoms with Gasteiger partial charge in [-0.15, -0.1) is 0 Å². The molecule has 0 fully saturated rings. The fourth-order valence-electron chi connectivity index (χ4n) is 1.16. The van der Waals surface area contributed by atoms with Gasteiger partial charge in [-0.05, 0) is 24.6 Å².